The highest BCUT2D eigenvalue weighted by Crippen LogP contribution is 2.22. The zero-order valence-electron chi connectivity index (χ0n) is 11.2. The number of rotatable bonds is 1. The van der Waals surface area contributed by atoms with Crippen LogP contribution in [-0.2, 0) is 0 Å². The Bertz CT molecular complexity index is 583. The van der Waals surface area contributed by atoms with Gasteiger partial charge in [0.15, 0.2) is 0 Å². The Morgan fingerprint density at radius 3 is 2.86 bits per heavy atom. The molecule has 1 unspecified atom stereocenters. The summed E-state index contributed by atoms with van der Waals surface area (Å²) in [5, 5.41) is 2.80. The number of nitrogens with two attached hydrogens (primary N) is 1. The van der Waals surface area contributed by atoms with Gasteiger partial charge in [-0.05, 0) is 18.2 Å². The molecule has 0 saturated carbocycles. The number of halogens is 2. The van der Waals surface area contributed by atoms with E-state index in [0.29, 0.717) is 37.4 Å². The molecule has 1 atom stereocenters. The molecule has 0 bridgehead atoms. The Morgan fingerprint density at radius 1 is 1.38 bits per heavy atom. The van der Waals surface area contributed by atoms with Crippen LogP contribution < -0.4 is 11.1 Å². The van der Waals surface area contributed by atoms with Gasteiger partial charge in [0.2, 0.25) is 0 Å². The summed E-state index contributed by atoms with van der Waals surface area (Å²) in [6.45, 7) is 2.25. The summed E-state index contributed by atoms with van der Waals surface area (Å²) in [7, 11) is 0. The first-order chi connectivity index (χ1) is 9.56. The van der Waals surface area contributed by atoms with Crippen molar-refractivity contribution in [3.63, 3.8) is 0 Å². The van der Waals surface area contributed by atoms with Crippen LogP contribution in [0.4, 0.5) is 10.5 Å². The summed E-state index contributed by atoms with van der Waals surface area (Å²) in [5.74, 6) is -0.0750. The zero-order valence-corrected chi connectivity index (χ0v) is 13.6. The van der Waals surface area contributed by atoms with Gasteiger partial charge in [-0.2, -0.15) is 0 Å². The maximum atomic E-state index is 12.5. The minimum atomic E-state index is -0.0750. The number of anilines is 1. The van der Waals surface area contributed by atoms with Crippen molar-refractivity contribution in [1.82, 2.24) is 15.1 Å². The highest BCUT2D eigenvalue weighted by molar-refractivity contribution is 9.10. The molecule has 2 fully saturated rings. The lowest BCUT2D eigenvalue weighted by atomic mass is 10.1. The predicted molar refractivity (Wildman–Crippen MR) is 85.6 cm³/mol. The molecule has 6 nitrogen and oxygen atoms in total. The Hall–Kier alpha value is -1.47. The van der Waals surface area contributed by atoms with Gasteiger partial charge in [0, 0.05) is 36.3 Å². The molecular weight excluding hydrogens is 360 g/mol. The molecule has 3 N–H and O–H groups in total. The number of amides is 3. The normalized spacial score (nSPS) is 20.6. The average molecular weight is 376 g/mol. The third-order valence-corrected chi connectivity index (χ3v) is 4.26. The summed E-state index contributed by atoms with van der Waals surface area (Å²) in [6, 6.07) is 5.29. The monoisotopic (exact) mass is 374 g/mol. The minimum absolute atomic E-state index is 0. The van der Waals surface area contributed by atoms with Crippen LogP contribution in [0.25, 0.3) is 0 Å². The maximum absolute atomic E-state index is 12.5. The first-order valence-electron chi connectivity index (χ1n) is 6.45. The Morgan fingerprint density at radius 2 is 2.14 bits per heavy atom. The van der Waals surface area contributed by atoms with Gasteiger partial charge >= 0.3 is 6.03 Å². The molecule has 1 aromatic carbocycles. The van der Waals surface area contributed by atoms with Crippen LogP contribution in [0, 0.1) is 0 Å². The lowest BCUT2D eigenvalue weighted by Crippen LogP contribution is -2.53. The van der Waals surface area contributed by atoms with E-state index < -0.39 is 0 Å². The standard InChI is InChI=1S/C13H15BrN4O2.ClH/c14-8-1-2-10(11(15)5-8)12(19)17-3-4-18-9(7-17)6-16-13(18)20;/h1-2,5,9H,3-4,6-7,15H2,(H,16,20);1H. The number of carbonyl (C=O) groups is 2. The van der Waals surface area contributed by atoms with E-state index in [9.17, 15) is 9.59 Å². The van der Waals surface area contributed by atoms with Gasteiger partial charge in [-0.3, -0.25) is 4.79 Å². The average Bonchev–Trinajstić information content (AvgIpc) is 2.79. The first kappa shape index (κ1) is 15.9. The number of nitrogens with one attached hydrogen (secondary N) is 1. The van der Waals surface area contributed by atoms with Crippen LogP contribution in [0.3, 0.4) is 0 Å². The second-order valence-corrected chi connectivity index (χ2v) is 5.93. The quantitative estimate of drug-likeness (QED) is 0.726. The smallest absolute Gasteiger partial charge is 0.317 e. The van der Waals surface area contributed by atoms with Gasteiger partial charge in [-0.15, -0.1) is 12.4 Å². The number of urea groups is 1. The van der Waals surface area contributed by atoms with E-state index in [1.807, 2.05) is 0 Å². The molecule has 21 heavy (non-hydrogen) atoms. The van der Waals surface area contributed by atoms with Crippen LogP contribution in [0.2, 0.25) is 0 Å². The lowest BCUT2D eigenvalue weighted by Gasteiger charge is -2.36. The molecular formula is C13H16BrClN4O2. The molecule has 0 spiro atoms. The minimum Gasteiger partial charge on any atom is -0.398 e. The molecule has 114 valence electrons. The Labute approximate surface area is 137 Å². The van der Waals surface area contributed by atoms with E-state index in [1.165, 1.54) is 0 Å². The number of hydrogen-bond donors (Lipinski definition) is 2. The molecule has 2 saturated heterocycles. The summed E-state index contributed by atoms with van der Waals surface area (Å²) < 4.78 is 0.849. The van der Waals surface area contributed by atoms with Crippen molar-refractivity contribution in [1.29, 1.82) is 0 Å². The fraction of sp³-hybridized carbons (Fsp3) is 0.385. The Balaban J connectivity index is 0.00000161. The third-order valence-electron chi connectivity index (χ3n) is 3.76. The second-order valence-electron chi connectivity index (χ2n) is 5.02. The molecule has 3 amide bonds. The largest absolute Gasteiger partial charge is 0.398 e. The summed E-state index contributed by atoms with van der Waals surface area (Å²) in [4.78, 5) is 27.6. The molecule has 2 aliphatic rings. The fourth-order valence-corrected chi connectivity index (χ4v) is 3.07. The summed E-state index contributed by atoms with van der Waals surface area (Å²) in [6.07, 6.45) is 0. The molecule has 0 radical (unpaired) electrons. The van der Waals surface area contributed by atoms with Crippen LogP contribution in [-0.4, -0.2) is 54.0 Å². The number of piperazine rings is 1. The molecule has 2 aliphatic heterocycles. The Kier molecular flexibility index (Phi) is 4.63. The second kappa shape index (κ2) is 6.11. The number of carbonyl (C=O) groups excluding carboxylic acids is 2. The third kappa shape index (κ3) is 2.94. The van der Waals surface area contributed by atoms with Crippen LogP contribution in [0.1, 0.15) is 10.4 Å². The van der Waals surface area contributed by atoms with Gasteiger partial charge in [0.25, 0.3) is 5.91 Å². The van der Waals surface area contributed by atoms with E-state index >= 15 is 0 Å². The molecule has 8 heteroatoms. The molecule has 2 heterocycles. The van der Waals surface area contributed by atoms with Gasteiger partial charge in [0.1, 0.15) is 0 Å². The summed E-state index contributed by atoms with van der Waals surface area (Å²) >= 11 is 3.33. The van der Waals surface area contributed by atoms with E-state index in [0.717, 1.165) is 4.47 Å². The van der Waals surface area contributed by atoms with E-state index in [2.05, 4.69) is 21.2 Å². The number of hydrogen-bond acceptors (Lipinski definition) is 3. The van der Waals surface area contributed by atoms with Crippen molar-refractivity contribution >= 4 is 46.0 Å². The molecule has 3 rings (SSSR count). The van der Waals surface area contributed by atoms with Crippen LogP contribution in [0.15, 0.2) is 22.7 Å². The van der Waals surface area contributed by atoms with Crippen molar-refractivity contribution in [2.24, 2.45) is 0 Å². The fourth-order valence-electron chi connectivity index (χ4n) is 2.69. The van der Waals surface area contributed by atoms with E-state index in [-0.39, 0.29) is 30.4 Å². The number of nitrogen functional groups attached to an aromatic ring is 1. The van der Waals surface area contributed by atoms with Crippen molar-refractivity contribution < 1.29 is 9.59 Å². The molecule has 0 aliphatic carbocycles. The van der Waals surface area contributed by atoms with Crippen molar-refractivity contribution in [3.8, 4) is 0 Å². The highest BCUT2D eigenvalue weighted by Gasteiger charge is 2.37. The topological polar surface area (TPSA) is 78.7 Å². The van der Waals surface area contributed by atoms with Gasteiger partial charge in [-0.1, -0.05) is 15.9 Å². The van der Waals surface area contributed by atoms with Crippen molar-refractivity contribution in [3.05, 3.63) is 28.2 Å². The molecule has 0 aromatic heterocycles. The predicted octanol–water partition coefficient (Wildman–Crippen LogP) is 1.30. The zero-order chi connectivity index (χ0) is 14.3. The first-order valence-corrected chi connectivity index (χ1v) is 7.24. The van der Waals surface area contributed by atoms with Gasteiger partial charge in [-0.25, -0.2) is 4.79 Å². The van der Waals surface area contributed by atoms with Gasteiger partial charge < -0.3 is 20.9 Å². The maximum Gasteiger partial charge on any atom is 0.317 e. The van der Waals surface area contributed by atoms with E-state index in [1.54, 1.807) is 28.0 Å². The lowest BCUT2D eigenvalue weighted by molar-refractivity contribution is 0.0618. The highest BCUT2D eigenvalue weighted by atomic mass is 79.9. The number of nitrogens with zero attached hydrogens (tertiary/aromatic N) is 2. The van der Waals surface area contributed by atoms with Crippen LogP contribution >= 0.6 is 28.3 Å². The number of fused-ring (bicyclic) bond motifs is 1. The van der Waals surface area contributed by atoms with Crippen LogP contribution in [0.5, 0.6) is 0 Å². The van der Waals surface area contributed by atoms with Gasteiger partial charge in [0.05, 0.1) is 11.6 Å². The van der Waals surface area contributed by atoms with Crippen molar-refractivity contribution in [2.75, 3.05) is 31.9 Å². The van der Waals surface area contributed by atoms with Crippen molar-refractivity contribution in [2.45, 2.75) is 6.04 Å². The number of benzene rings is 1. The SMILES string of the molecule is Cl.Nc1cc(Br)ccc1C(=O)N1CCN2C(=O)NCC2C1. The van der Waals surface area contributed by atoms with E-state index in [4.69, 9.17) is 5.73 Å². The summed E-state index contributed by atoms with van der Waals surface area (Å²) in [5.41, 5.74) is 6.88. The molecule has 1 aromatic rings.